The van der Waals surface area contributed by atoms with E-state index in [2.05, 4.69) is 15.9 Å². The van der Waals surface area contributed by atoms with Crippen molar-refractivity contribution in [2.45, 2.75) is 16.2 Å². The van der Waals surface area contributed by atoms with Crippen LogP contribution in [0, 0.1) is 0 Å². The molecule has 0 radical (unpaired) electrons. The van der Waals surface area contributed by atoms with Crippen molar-refractivity contribution in [3.8, 4) is 0 Å². The summed E-state index contributed by atoms with van der Waals surface area (Å²) in [6.45, 7) is 0.243. The number of amides is 2. The van der Waals surface area contributed by atoms with Gasteiger partial charge in [0.25, 0.3) is 5.91 Å². The zero-order chi connectivity index (χ0) is 22.9. The normalized spacial score (nSPS) is 16.2. The van der Waals surface area contributed by atoms with Crippen LogP contribution in [0.3, 0.4) is 0 Å². The molecule has 0 unspecified atom stereocenters. The predicted octanol–water partition coefficient (Wildman–Crippen LogP) is 6.87. The Labute approximate surface area is 214 Å². The van der Waals surface area contributed by atoms with Gasteiger partial charge in [0.2, 0.25) is 5.91 Å². The first-order chi connectivity index (χ1) is 16.0. The summed E-state index contributed by atoms with van der Waals surface area (Å²) in [5.74, 6) is -0.229. The number of halogens is 1. The number of thioether (sulfide) groups is 1. The second-order valence-electron chi connectivity index (χ2n) is 7.41. The van der Waals surface area contributed by atoms with Crippen LogP contribution in [0.25, 0.3) is 6.08 Å². The van der Waals surface area contributed by atoms with Gasteiger partial charge in [-0.05, 0) is 48.0 Å². The maximum atomic E-state index is 13.4. The van der Waals surface area contributed by atoms with Crippen LogP contribution < -0.4 is 4.90 Å². The third-order valence-corrected chi connectivity index (χ3v) is 8.25. The number of anilines is 2. The summed E-state index contributed by atoms with van der Waals surface area (Å²) < 4.78 is 1.42. The van der Waals surface area contributed by atoms with Gasteiger partial charge in [-0.2, -0.15) is 0 Å². The van der Waals surface area contributed by atoms with E-state index in [9.17, 15) is 9.59 Å². The Balaban J connectivity index is 1.35. The molecule has 164 valence electrons. The lowest BCUT2D eigenvalue weighted by Gasteiger charge is -2.31. The molecule has 0 aliphatic carbocycles. The molecule has 1 saturated heterocycles. The van der Waals surface area contributed by atoms with Gasteiger partial charge in [-0.25, -0.2) is 0 Å². The number of benzene rings is 3. The monoisotopic (exact) mass is 552 g/mol. The van der Waals surface area contributed by atoms with Gasteiger partial charge in [0.15, 0.2) is 0 Å². The number of fused-ring (bicyclic) bond motifs is 2. The van der Waals surface area contributed by atoms with Crippen LogP contribution in [-0.2, 0) is 9.59 Å². The molecule has 2 aliphatic heterocycles. The van der Waals surface area contributed by atoms with E-state index < -0.39 is 0 Å². The minimum atomic E-state index is -0.159. The molecule has 2 amide bonds. The summed E-state index contributed by atoms with van der Waals surface area (Å²) in [7, 11) is 0. The van der Waals surface area contributed by atoms with E-state index in [-0.39, 0.29) is 24.8 Å². The number of rotatable bonds is 4. The molecule has 5 rings (SSSR count). The number of carbonyl (C=O) groups excluding carboxylic acids is 2. The topological polar surface area (TPSA) is 40.6 Å². The third kappa shape index (κ3) is 4.53. The average Bonchev–Trinajstić information content (AvgIpc) is 3.07. The van der Waals surface area contributed by atoms with Crippen molar-refractivity contribution in [2.24, 2.45) is 0 Å². The maximum absolute atomic E-state index is 13.4. The van der Waals surface area contributed by atoms with Gasteiger partial charge in [-0.3, -0.25) is 19.4 Å². The van der Waals surface area contributed by atoms with Gasteiger partial charge in [0.1, 0.15) is 4.32 Å². The molecular formula is C25H17BrN2O2S3. The van der Waals surface area contributed by atoms with Crippen molar-refractivity contribution >= 4 is 85.3 Å². The van der Waals surface area contributed by atoms with Crippen molar-refractivity contribution < 1.29 is 9.59 Å². The van der Waals surface area contributed by atoms with Crippen LogP contribution in [0.15, 0.2) is 92.0 Å². The molecule has 0 saturated carbocycles. The lowest BCUT2D eigenvalue weighted by molar-refractivity contribution is -0.123. The molecule has 8 heteroatoms. The Kier molecular flexibility index (Phi) is 6.42. The minimum Gasteiger partial charge on any atom is -0.292 e. The largest absolute Gasteiger partial charge is 0.292 e. The molecule has 33 heavy (non-hydrogen) atoms. The number of nitrogens with zero attached hydrogens (tertiary/aromatic N) is 2. The summed E-state index contributed by atoms with van der Waals surface area (Å²) in [6, 6.07) is 23.5. The van der Waals surface area contributed by atoms with E-state index in [1.807, 2.05) is 78.9 Å². The summed E-state index contributed by atoms with van der Waals surface area (Å²) in [6.07, 6.45) is 2.00. The number of para-hydroxylation sites is 2. The van der Waals surface area contributed by atoms with E-state index in [1.54, 1.807) is 16.7 Å². The number of carbonyl (C=O) groups is 2. The number of thiocarbonyl (C=S) groups is 1. The SMILES string of the molecule is O=C1C(=Cc2cccc(Br)c2)SC(=S)N1CCC(=O)N1c2ccccc2Sc2ccccc21. The van der Waals surface area contributed by atoms with Crippen molar-refractivity contribution in [3.63, 3.8) is 0 Å². The summed E-state index contributed by atoms with van der Waals surface area (Å²) in [4.78, 5) is 32.3. The first kappa shape index (κ1) is 22.4. The zero-order valence-corrected chi connectivity index (χ0v) is 21.3. The van der Waals surface area contributed by atoms with Gasteiger partial charge < -0.3 is 0 Å². The first-order valence-electron chi connectivity index (χ1n) is 10.2. The molecule has 0 N–H and O–H groups in total. The third-order valence-electron chi connectivity index (χ3n) is 5.25. The van der Waals surface area contributed by atoms with E-state index in [0.29, 0.717) is 9.23 Å². The number of hydrogen-bond acceptors (Lipinski definition) is 5. The summed E-state index contributed by atoms with van der Waals surface area (Å²) in [5.41, 5.74) is 2.65. The van der Waals surface area contributed by atoms with Crippen LogP contribution in [0.4, 0.5) is 11.4 Å². The van der Waals surface area contributed by atoms with Gasteiger partial charge >= 0.3 is 0 Å². The van der Waals surface area contributed by atoms with Gasteiger partial charge in [-0.1, -0.05) is 88.1 Å². The van der Waals surface area contributed by atoms with Gasteiger partial charge in [0, 0.05) is 27.2 Å². The van der Waals surface area contributed by atoms with Crippen LogP contribution in [0.5, 0.6) is 0 Å². The molecule has 4 nitrogen and oxygen atoms in total. The fraction of sp³-hybridized carbons (Fsp3) is 0.0800. The maximum Gasteiger partial charge on any atom is 0.266 e. The highest BCUT2D eigenvalue weighted by molar-refractivity contribution is 9.10. The Morgan fingerprint density at radius 2 is 1.61 bits per heavy atom. The lowest BCUT2D eigenvalue weighted by atomic mass is 10.2. The molecule has 1 fully saturated rings. The van der Waals surface area contributed by atoms with E-state index >= 15 is 0 Å². The predicted molar refractivity (Wildman–Crippen MR) is 143 cm³/mol. The summed E-state index contributed by atoms with van der Waals surface area (Å²) >= 11 is 11.8. The highest BCUT2D eigenvalue weighted by Gasteiger charge is 2.34. The van der Waals surface area contributed by atoms with E-state index in [4.69, 9.17) is 12.2 Å². The fourth-order valence-electron chi connectivity index (χ4n) is 3.73. The molecule has 0 bridgehead atoms. The van der Waals surface area contributed by atoms with Crippen LogP contribution in [0.1, 0.15) is 12.0 Å². The zero-order valence-electron chi connectivity index (χ0n) is 17.2. The molecule has 0 aromatic heterocycles. The van der Waals surface area contributed by atoms with Crippen LogP contribution in [-0.4, -0.2) is 27.6 Å². The first-order valence-corrected chi connectivity index (χ1v) is 13.0. The van der Waals surface area contributed by atoms with E-state index in [0.717, 1.165) is 31.2 Å². The molecule has 3 aromatic rings. The van der Waals surface area contributed by atoms with Crippen molar-refractivity contribution in [1.82, 2.24) is 4.90 Å². The second-order valence-corrected chi connectivity index (χ2v) is 11.1. The van der Waals surface area contributed by atoms with Crippen LogP contribution in [0.2, 0.25) is 0 Å². The number of hydrogen-bond donors (Lipinski definition) is 0. The molecule has 2 aliphatic rings. The Hall–Kier alpha value is -2.39. The van der Waals surface area contributed by atoms with Gasteiger partial charge in [0.05, 0.1) is 16.3 Å². The Bertz CT molecular complexity index is 1280. The standard InChI is InChI=1S/C25H17BrN2O2S3/c26-17-7-5-6-16(14-17)15-22-24(30)27(25(31)33-22)13-12-23(29)28-18-8-1-3-10-20(18)32-21-11-4-2-9-19(21)28/h1-11,14-15H,12-13H2. The highest BCUT2D eigenvalue weighted by Crippen LogP contribution is 2.48. The van der Waals surface area contributed by atoms with Crippen molar-refractivity contribution in [1.29, 1.82) is 0 Å². The second kappa shape index (κ2) is 9.46. The average molecular weight is 554 g/mol. The molecule has 0 atom stereocenters. The Morgan fingerprint density at radius 1 is 0.939 bits per heavy atom. The Morgan fingerprint density at radius 3 is 2.27 bits per heavy atom. The molecular weight excluding hydrogens is 536 g/mol. The smallest absolute Gasteiger partial charge is 0.266 e. The van der Waals surface area contributed by atoms with Crippen molar-refractivity contribution in [2.75, 3.05) is 11.4 Å². The van der Waals surface area contributed by atoms with E-state index in [1.165, 1.54) is 16.7 Å². The highest BCUT2D eigenvalue weighted by atomic mass is 79.9. The molecule has 2 heterocycles. The minimum absolute atomic E-state index is 0.0692. The van der Waals surface area contributed by atoms with Crippen LogP contribution >= 0.6 is 51.7 Å². The fourth-order valence-corrected chi connectivity index (χ4v) is 6.52. The van der Waals surface area contributed by atoms with Crippen molar-refractivity contribution in [3.05, 3.63) is 87.7 Å². The quantitative estimate of drug-likeness (QED) is 0.261. The summed E-state index contributed by atoms with van der Waals surface area (Å²) in [5, 5.41) is 0. The molecule has 0 spiro atoms. The molecule has 3 aromatic carbocycles. The van der Waals surface area contributed by atoms with Gasteiger partial charge in [-0.15, -0.1) is 0 Å². The lowest BCUT2D eigenvalue weighted by Crippen LogP contribution is -2.35.